The number of alkyl halides is 3. The van der Waals surface area contributed by atoms with Crippen LogP contribution in [0.15, 0.2) is 6.07 Å². The van der Waals surface area contributed by atoms with E-state index < -0.39 is 18.7 Å². The van der Waals surface area contributed by atoms with E-state index in [0.29, 0.717) is 0 Å². The summed E-state index contributed by atoms with van der Waals surface area (Å²) in [5, 5.41) is 6.83. The number of ether oxygens (including phenoxy) is 1. The van der Waals surface area contributed by atoms with Gasteiger partial charge in [-0.05, 0) is 32.8 Å². The largest absolute Gasteiger partial charge is 0.411 e. The second kappa shape index (κ2) is 7.33. The summed E-state index contributed by atoms with van der Waals surface area (Å²) in [4.78, 5) is 12.1. The van der Waals surface area contributed by atoms with Gasteiger partial charge in [-0.1, -0.05) is 13.8 Å². The lowest BCUT2D eigenvalue weighted by Gasteiger charge is -2.23. The van der Waals surface area contributed by atoms with Crippen molar-refractivity contribution in [3.05, 3.63) is 17.5 Å². The highest BCUT2D eigenvalue weighted by molar-refractivity contribution is 5.92. The van der Waals surface area contributed by atoms with Gasteiger partial charge >= 0.3 is 6.18 Å². The lowest BCUT2D eigenvalue weighted by Crippen LogP contribution is -2.30. The SMILES string of the molecule is CC(C)c1cc(C(=O)NCCOCC(F)(F)F)nn1C(C)(C)C. The van der Waals surface area contributed by atoms with Crippen molar-refractivity contribution in [2.75, 3.05) is 19.8 Å². The molecule has 1 N–H and O–H groups in total. The molecule has 0 radical (unpaired) electrons. The maximum absolute atomic E-state index is 12.1. The summed E-state index contributed by atoms with van der Waals surface area (Å²) in [7, 11) is 0. The van der Waals surface area contributed by atoms with Crippen molar-refractivity contribution in [3.8, 4) is 0 Å². The third-order valence-electron chi connectivity index (χ3n) is 2.99. The van der Waals surface area contributed by atoms with Crippen LogP contribution in [0.25, 0.3) is 0 Å². The summed E-state index contributed by atoms with van der Waals surface area (Å²) in [6.45, 7) is 8.43. The minimum Gasteiger partial charge on any atom is -0.370 e. The van der Waals surface area contributed by atoms with E-state index in [1.54, 1.807) is 10.7 Å². The molecule has 0 aromatic carbocycles. The highest BCUT2D eigenvalue weighted by Crippen LogP contribution is 2.23. The summed E-state index contributed by atoms with van der Waals surface area (Å²) in [6.07, 6.45) is -4.36. The number of carbonyl (C=O) groups is 1. The van der Waals surface area contributed by atoms with Gasteiger partial charge in [0.15, 0.2) is 0 Å². The zero-order valence-corrected chi connectivity index (χ0v) is 14.1. The van der Waals surface area contributed by atoms with Crippen LogP contribution in [-0.4, -0.2) is 41.6 Å². The van der Waals surface area contributed by atoms with Crippen LogP contribution in [0.4, 0.5) is 13.2 Å². The number of rotatable bonds is 6. The van der Waals surface area contributed by atoms with E-state index in [1.807, 2.05) is 34.6 Å². The lowest BCUT2D eigenvalue weighted by molar-refractivity contribution is -0.173. The molecule has 1 aromatic heterocycles. The average molecular weight is 335 g/mol. The molecule has 1 rings (SSSR count). The van der Waals surface area contributed by atoms with Crippen molar-refractivity contribution in [3.63, 3.8) is 0 Å². The zero-order valence-electron chi connectivity index (χ0n) is 14.1. The fourth-order valence-corrected chi connectivity index (χ4v) is 1.97. The Labute approximate surface area is 134 Å². The molecule has 132 valence electrons. The predicted octanol–water partition coefficient (Wildman–Crippen LogP) is 3.07. The Morgan fingerprint density at radius 2 is 1.96 bits per heavy atom. The molecule has 8 heteroatoms. The van der Waals surface area contributed by atoms with Gasteiger partial charge in [0, 0.05) is 12.2 Å². The number of hydrogen-bond donors (Lipinski definition) is 1. The molecule has 0 atom stereocenters. The summed E-state index contributed by atoms with van der Waals surface area (Å²) in [5.74, 6) is -0.232. The van der Waals surface area contributed by atoms with Crippen molar-refractivity contribution in [2.45, 2.75) is 52.3 Å². The summed E-state index contributed by atoms with van der Waals surface area (Å²) in [5.41, 5.74) is 0.906. The van der Waals surface area contributed by atoms with Crippen molar-refractivity contribution in [2.24, 2.45) is 0 Å². The second-order valence-corrected chi connectivity index (χ2v) is 6.62. The van der Waals surface area contributed by atoms with Gasteiger partial charge in [0.25, 0.3) is 5.91 Å². The van der Waals surface area contributed by atoms with Gasteiger partial charge in [-0.2, -0.15) is 18.3 Å². The first-order valence-corrected chi connectivity index (χ1v) is 7.45. The van der Waals surface area contributed by atoms with Crippen LogP contribution in [0.5, 0.6) is 0 Å². The number of nitrogens with one attached hydrogen (secondary N) is 1. The van der Waals surface area contributed by atoms with E-state index in [-0.39, 0.29) is 30.3 Å². The van der Waals surface area contributed by atoms with Crippen LogP contribution in [0, 0.1) is 0 Å². The van der Waals surface area contributed by atoms with E-state index in [4.69, 9.17) is 0 Å². The molecule has 1 amide bonds. The molecule has 0 saturated carbocycles. The normalized spacial score (nSPS) is 12.7. The van der Waals surface area contributed by atoms with Crippen molar-refractivity contribution >= 4 is 5.91 Å². The van der Waals surface area contributed by atoms with Gasteiger partial charge in [0.2, 0.25) is 0 Å². The Morgan fingerprint density at radius 1 is 1.35 bits per heavy atom. The molecule has 0 unspecified atom stereocenters. The molecule has 23 heavy (non-hydrogen) atoms. The summed E-state index contributed by atoms with van der Waals surface area (Å²) < 4.78 is 42.0. The standard InChI is InChI=1S/C15H24F3N3O2/c1-10(2)12-8-11(20-21(12)14(3,4)5)13(22)19-6-7-23-9-15(16,17)18/h8,10H,6-7,9H2,1-5H3,(H,19,22). The Bertz CT molecular complexity index is 531. The van der Waals surface area contributed by atoms with Crippen molar-refractivity contribution in [1.82, 2.24) is 15.1 Å². The van der Waals surface area contributed by atoms with Crippen LogP contribution >= 0.6 is 0 Å². The van der Waals surface area contributed by atoms with E-state index >= 15 is 0 Å². The molecule has 0 saturated heterocycles. The average Bonchev–Trinajstić information content (AvgIpc) is 2.81. The monoisotopic (exact) mass is 335 g/mol. The van der Waals surface area contributed by atoms with Crippen molar-refractivity contribution < 1.29 is 22.7 Å². The molecule has 0 aliphatic carbocycles. The van der Waals surface area contributed by atoms with Gasteiger partial charge < -0.3 is 10.1 Å². The molecule has 0 bridgehead atoms. The Hall–Kier alpha value is -1.57. The summed E-state index contributed by atoms with van der Waals surface area (Å²) >= 11 is 0. The van der Waals surface area contributed by atoms with Gasteiger partial charge in [-0.25, -0.2) is 0 Å². The lowest BCUT2D eigenvalue weighted by atomic mass is 10.1. The number of hydrogen-bond acceptors (Lipinski definition) is 3. The van der Waals surface area contributed by atoms with E-state index in [2.05, 4.69) is 15.2 Å². The van der Waals surface area contributed by atoms with E-state index in [9.17, 15) is 18.0 Å². The minimum atomic E-state index is -4.36. The Kier molecular flexibility index (Phi) is 6.21. The summed E-state index contributed by atoms with van der Waals surface area (Å²) in [6, 6.07) is 1.71. The molecular formula is C15H24F3N3O2. The van der Waals surface area contributed by atoms with Gasteiger partial charge in [0.1, 0.15) is 12.3 Å². The molecule has 1 heterocycles. The van der Waals surface area contributed by atoms with E-state index in [0.717, 1.165) is 5.69 Å². The van der Waals surface area contributed by atoms with Crippen molar-refractivity contribution in [1.29, 1.82) is 0 Å². The molecule has 5 nitrogen and oxygen atoms in total. The minimum absolute atomic E-state index is 0.00565. The number of aromatic nitrogens is 2. The first kappa shape index (κ1) is 19.5. The van der Waals surface area contributed by atoms with Crippen LogP contribution in [0.3, 0.4) is 0 Å². The quantitative estimate of drug-likeness (QED) is 0.813. The first-order valence-electron chi connectivity index (χ1n) is 7.45. The van der Waals surface area contributed by atoms with Gasteiger partial charge in [-0.3, -0.25) is 9.48 Å². The smallest absolute Gasteiger partial charge is 0.370 e. The second-order valence-electron chi connectivity index (χ2n) is 6.62. The van der Waals surface area contributed by atoms with Gasteiger partial charge in [0.05, 0.1) is 12.1 Å². The first-order chi connectivity index (χ1) is 10.4. The molecule has 0 spiro atoms. The number of carbonyl (C=O) groups excluding carboxylic acids is 1. The molecular weight excluding hydrogens is 311 g/mol. The number of amides is 1. The van der Waals surface area contributed by atoms with Crippen LogP contribution in [0.2, 0.25) is 0 Å². The topological polar surface area (TPSA) is 56.1 Å². The fraction of sp³-hybridized carbons (Fsp3) is 0.733. The number of halogens is 3. The van der Waals surface area contributed by atoms with E-state index in [1.165, 1.54) is 0 Å². The Balaban J connectivity index is 2.64. The zero-order chi connectivity index (χ0) is 17.8. The maximum Gasteiger partial charge on any atom is 0.411 e. The third kappa shape index (κ3) is 6.21. The third-order valence-corrected chi connectivity index (χ3v) is 2.99. The van der Waals surface area contributed by atoms with Gasteiger partial charge in [-0.15, -0.1) is 0 Å². The fourth-order valence-electron chi connectivity index (χ4n) is 1.97. The van der Waals surface area contributed by atoms with Crippen LogP contribution < -0.4 is 5.32 Å². The predicted molar refractivity (Wildman–Crippen MR) is 80.5 cm³/mol. The highest BCUT2D eigenvalue weighted by Gasteiger charge is 2.27. The highest BCUT2D eigenvalue weighted by atomic mass is 19.4. The van der Waals surface area contributed by atoms with Crippen LogP contribution in [0.1, 0.15) is 56.7 Å². The maximum atomic E-state index is 12.1. The molecule has 0 fully saturated rings. The molecule has 1 aromatic rings. The Morgan fingerprint density at radius 3 is 2.39 bits per heavy atom. The van der Waals surface area contributed by atoms with Crippen LogP contribution in [-0.2, 0) is 10.3 Å². The number of nitrogens with zero attached hydrogens (tertiary/aromatic N) is 2. The molecule has 0 aliphatic rings. The molecule has 0 aliphatic heterocycles.